The molecule has 2 rings (SSSR count). The van der Waals surface area contributed by atoms with Crippen LogP contribution >= 0.6 is 0 Å². The predicted molar refractivity (Wildman–Crippen MR) is 93.2 cm³/mol. The molecule has 25 heavy (non-hydrogen) atoms. The summed E-state index contributed by atoms with van der Waals surface area (Å²) in [6.07, 6.45) is 1.96. The fraction of sp³-hybridized carbons (Fsp3) is 0.278. The van der Waals surface area contributed by atoms with E-state index >= 15 is 0 Å². The van der Waals surface area contributed by atoms with Crippen LogP contribution in [0, 0.1) is 0 Å². The number of rotatable bonds is 7. The first-order valence-electron chi connectivity index (χ1n) is 7.67. The second-order valence-corrected chi connectivity index (χ2v) is 7.39. The Bertz CT molecular complexity index is 840. The molecule has 0 amide bonds. The Kier molecular flexibility index (Phi) is 6.03. The van der Waals surface area contributed by atoms with Crippen LogP contribution in [-0.4, -0.2) is 34.4 Å². The van der Waals surface area contributed by atoms with E-state index in [2.05, 4.69) is 0 Å². The van der Waals surface area contributed by atoms with E-state index in [4.69, 9.17) is 14.2 Å². The monoisotopic (exact) mass is 364 g/mol. The molecule has 0 aromatic heterocycles. The molecule has 0 fully saturated rings. The highest BCUT2D eigenvalue weighted by atomic mass is 32.2. The highest BCUT2D eigenvalue weighted by molar-refractivity contribution is 7.90. The van der Waals surface area contributed by atoms with Crippen LogP contribution in [0.25, 0.3) is 0 Å². The molecule has 6 nitrogen and oxygen atoms in total. The molecular formula is C18H20O6S. The lowest BCUT2D eigenvalue weighted by Gasteiger charge is -2.11. The van der Waals surface area contributed by atoms with Crippen LogP contribution in [0.3, 0.4) is 0 Å². The molecule has 0 N–H and O–H groups in total. The summed E-state index contributed by atoms with van der Waals surface area (Å²) in [7, 11) is -1.97. The van der Waals surface area contributed by atoms with E-state index in [0.29, 0.717) is 29.4 Å². The zero-order valence-electron chi connectivity index (χ0n) is 14.3. The summed E-state index contributed by atoms with van der Waals surface area (Å²) < 4.78 is 39.0. The lowest BCUT2D eigenvalue weighted by molar-refractivity contribution is 0.0600. The lowest BCUT2D eigenvalue weighted by Crippen LogP contribution is -2.03. The summed E-state index contributed by atoms with van der Waals surface area (Å²) in [6.45, 7) is 2.48. The number of hydrogen-bond donors (Lipinski definition) is 0. The molecule has 2 aromatic carbocycles. The number of hydrogen-bond acceptors (Lipinski definition) is 6. The van der Waals surface area contributed by atoms with Crippen molar-refractivity contribution < 1.29 is 27.4 Å². The van der Waals surface area contributed by atoms with Crippen LogP contribution in [-0.2, 0) is 14.6 Å². The van der Waals surface area contributed by atoms with Gasteiger partial charge in [-0.2, -0.15) is 0 Å². The van der Waals surface area contributed by atoms with Gasteiger partial charge in [0.05, 0.1) is 24.2 Å². The van der Waals surface area contributed by atoms with Gasteiger partial charge in [-0.3, -0.25) is 0 Å². The minimum Gasteiger partial charge on any atom is -0.493 e. The summed E-state index contributed by atoms with van der Waals surface area (Å²) in [5, 5.41) is 0. The summed E-state index contributed by atoms with van der Waals surface area (Å²) in [5.41, 5.74) is 0.304. The van der Waals surface area contributed by atoms with Crippen LogP contribution in [0.4, 0.5) is 0 Å². The number of carbonyl (C=O) groups is 1. The molecule has 0 aliphatic rings. The second kappa shape index (κ2) is 8.02. The van der Waals surface area contributed by atoms with Crippen molar-refractivity contribution in [3.05, 3.63) is 48.0 Å². The Morgan fingerprint density at radius 2 is 1.64 bits per heavy atom. The van der Waals surface area contributed by atoms with Crippen LogP contribution in [0.1, 0.15) is 23.7 Å². The first-order valence-corrected chi connectivity index (χ1v) is 9.57. The van der Waals surface area contributed by atoms with E-state index in [-0.39, 0.29) is 4.90 Å². The van der Waals surface area contributed by atoms with Crippen molar-refractivity contribution in [3.8, 4) is 17.2 Å². The van der Waals surface area contributed by atoms with Gasteiger partial charge < -0.3 is 14.2 Å². The van der Waals surface area contributed by atoms with E-state index < -0.39 is 15.8 Å². The number of benzene rings is 2. The van der Waals surface area contributed by atoms with E-state index in [1.807, 2.05) is 6.92 Å². The Morgan fingerprint density at radius 1 is 1.00 bits per heavy atom. The molecule has 0 atom stereocenters. The maximum absolute atomic E-state index is 11.8. The summed E-state index contributed by atoms with van der Waals surface area (Å²) in [6, 6.07) is 10.8. The molecular weight excluding hydrogens is 344 g/mol. The van der Waals surface area contributed by atoms with Gasteiger partial charge in [-0.15, -0.1) is 0 Å². The van der Waals surface area contributed by atoms with Crippen LogP contribution in [0.5, 0.6) is 17.2 Å². The largest absolute Gasteiger partial charge is 0.493 e. The van der Waals surface area contributed by atoms with Crippen molar-refractivity contribution in [2.45, 2.75) is 18.2 Å². The van der Waals surface area contributed by atoms with Gasteiger partial charge in [0.15, 0.2) is 9.84 Å². The number of sulfone groups is 1. The minimum atomic E-state index is -3.27. The van der Waals surface area contributed by atoms with Gasteiger partial charge in [-0.25, -0.2) is 13.2 Å². The normalized spacial score (nSPS) is 11.0. The molecule has 0 aliphatic carbocycles. The van der Waals surface area contributed by atoms with Crippen molar-refractivity contribution in [2.75, 3.05) is 20.0 Å². The maximum atomic E-state index is 11.8. The fourth-order valence-corrected chi connectivity index (χ4v) is 2.69. The number of ether oxygens (including phenoxy) is 3. The molecule has 0 saturated carbocycles. The Labute approximate surface area is 147 Å². The molecule has 0 radical (unpaired) electrons. The number of esters is 1. The number of methoxy groups -OCH3 is 1. The van der Waals surface area contributed by atoms with Crippen LogP contribution < -0.4 is 9.47 Å². The first kappa shape index (κ1) is 18.8. The molecule has 2 aromatic rings. The van der Waals surface area contributed by atoms with Gasteiger partial charge in [0, 0.05) is 12.3 Å². The maximum Gasteiger partial charge on any atom is 0.338 e. The molecule has 0 heterocycles. The van der Waals surface area contributed by atoms with Gasteiger partial charge >= 0.3 is 5.97 Å². The van der Waals surface area contributed by atoms with Gasteiger partial charge in [0.25, 0.3) is 0 Å². The smallest absolute Gasteiger partial charge is 0.338 e. The van der Waals surface area contributed by atoms with Crippen molar-refractivity contribution in [3.63, 3.8) is 0 Å². The molecule has 0 spiro atoms. The van der Waals surface area contributed by atoms with Crippen molar-refractivity contribution in [1.82, 2.24) is 0 Å². The third-order valence-corrected chi connectivity index (χ3v) is 4.39. The van der Waals surface area contributed by atoms with E-state index in [1.54, 1.807) is 24.3 Å². The fourth-order valence-electron chi connectivity index (χ4n) is 2.06. The lowest BCUT2D eigenvalue weighted by atomic mass is 10.2. The number of carbonyl (C=O) groups excluding carboxylic acids is 1. The zero-order chi connectivity index (χ0) is 18.4. The quantitative estimate of drug-likeness (QED) is 0.700. The second-order valence-electron chi connectivity index (χ2n) is 5.38. The average Bonchev–Trinajstić information content (AvgIpc) is 2.58. The Hall–Kier alpha value is -2.54. The van der Waals surface area contributed by atoms with Crippen LogP contribution in [0.15, 0.2) is 47.4 Å². The molecule has 0 bridgehead atoms. The van der Waals surface area contributed by atoms with Crippen LogP contribution in [0.2, 0.25) is 0 Å². The highest BCUT2D eigenvalue weighted by Crippen LogP contribution is 2.28. The van der Waals surface area contributed by atoms with E-state index in [9.17, 15) is 13.2 Å². The van der Waals surface area contributed by atoms with Gasteiger partial charge in [-0.05, 0) is 42.8 Å². The molecule has 7 heteroatoms. The molecule has 0 aliphatic heterocycles. The van der Waals surface area contributed by atoms with Gasteiger partial charge in [-0.1, -0.05) is 6.92 Å². The van der Waals surface area contributed by atoms with Gasteiger partial charge in [0.2, 0.25) is 0 Å². The van der Waals surface area contributed by atoms with Gasteiger partial charge in [0.1, 0.15) is 17.2 Å². The van der Waals surface area contributed by atoms with Crippen molar-refractivity contribution in [1.29, 1.82) is 0 Å². The summed E-state index contributed by atoms with van der Waals surface area (Å²) >= 11 is 0. The average molecular weight is 364 g/mol. The molecule has 0 unspecified atom stereocenters. The van der Waals surface area contributed by atoms with Crippen molar-refractivity contribution >= 4 is 15.8 Å². The Morgan fingerprint density at radius 3 is 2.20 bits per heavy atom. The third-order valence-electron chi connectivity index (χ3n) is 3.26. The minimum absolute atomic E-state index is 0.204. The zero-order valence-corrected chi connectivity index (χ0v) is 15.1. The standard InChI is InChI=1S/C18H20O6S/c1-4-9-23-15-10-13(18(19)22-2)11-16(12-15)24-14-5-7-17(8-6-14)25(3,20)21/h5-8,10-12H,4,9H2,1-3H3. The Balaban J connectivity index is 2.29. The SMILES string of the molecule is CCCOc1cc(Oc2ccc(S(C)(=O)=O)cc2)cc(C(=O)OC)c1. The van der Waals surface area contributed by atoms with E-state index in [0.717, 1.165) is 12.7 Å². The highest BCUT2D eigenvalue weighted by Gasteiger charge is 2.12. The summed E-state index contributed by atoms with van der Waals surface area (Å²) in [5.74, 6) is 0.823. The topological polar surface area (TPSA) is 78.9 Å². The predicted octanol–water partition coefficient (Wildman–Crippen LogP) is 3.46. The molecule has 0 saturated heterocycles. The van der Waals surface area contributed by atoms with Crippen molar-refractivity contribution in [2.24, 2.45) is 0 Å². The summed E-state index contributed by atoms with van der Waals surface area (Å²) in [4.78, 5) is 12.0. The molecule has 134 valence electrons. The first-order chi connectivity index (χ1) is 11.8. The van der Waals surface area contributed by atoms with E-state index in [1.165, 1.54) is 25.3 Å². The third kappa shape index (κ3) is 5.22.